The fourth-order valence-electron chi connectivity index (χ4n) is 1.08. The lowest BCUT2D eigenvalue weighted by Crippen LogP contribution is -1.99. The molecule has 0 aliphatic heterocycles. The van der Waals surface area contributed by atoms with E-state index in [1.807, 2.05) is 0 Å². The molecule has 0 aliphatic rings. The third-order valence-corrected chi connectivity index (χ3v) is 1.80. The monoisotopic (exact) mass is 212 g/mol. The number of alkyl halides is 1. The highest BCUT2D eigenvalue weighted by Gasteiger charge is 2.13. The van der Waals surface area contributed by atoms with Gasteiger partial charge in [0.05, 0.1) is 6.29 Å². The van der Waals surface area contributed by atoms with Crippen LogP contribution in [0.4, 0.5) is 10.1 Å². The van der Waals surface area contributed by atoms with Crippen LogP contribution in [0.25, 0.3) is 0 Å². The SMILES string of the molecule is [2H]C(F)(CC(C)=O)c1ccc([N+](=O)[O-])cc1. The van der Waals surface area contributed by atoms with Gasteiger partial charge < -0.3 is 0 Å². The molecule has 0 bridgehead atoms. The smallest absolute Gasteiger partial charge is 0.269 e. The van der Waals surface area contributed by atoms with Gasteiger partial charge in [-0.1, -0.05) is 0 Å². The Morgan fingerprint density at radius 2 is 2.13 bits per heavy atom. The summed E-state index contributed by atoms with van der Waals surface area (Å²) in [6, 6.07) is 4.51. The molecule has 1 atom stereocenters. The first-order valence-corrected chi connectivity index (χ1v) is 4.26. The fraction of sp³-hybridized carbons (Fsp3) is 0.300. The average Bonchev–Trinajstić information content (AvgIpc) is 2.16. The topological polar surface area (TPSA) is 60.2 Å². The van der Waals surface area contributed by atoms with Crippen LogP contribution in [0.5, 0.6) is 0 Å². The molecule has 0 amide bonds. The number of benzene rings is 1. The van der Waals surface area contributed by atoms with Crippen LogP contribution >= 0.6 is 0 Å². The first-order chi connectivity index (χ1) is 7.33. The van der Waals surface area contributed by atoms with Gasteiger partial charge in [-0.05, 0) is 24.6 Å². The normalized spacial score (nSPS) is 15.2. The first-order valence-electron chi connectivity index (χ1n) is 4.76. The summed E-state index contributed by atoms with van der Waals surface area (Å²) < 4.78 is 21.0. The summed E-state index contributed by atoms with van der Waals surface area (Å²) in [5, 5.41) is 10.4. The van der Waals surface area contributed by atoms with E-state index in [1.165, 1.54) is 6.92 Å². The summed E-state index contributed by atoms with van der Waals surface area (Å²) in [5.41, 5.74) is -0.240. The summed E-state index contributed by atoms with van der Waals surface area (Å²) in [6.07, 6.45) is -3.09. The zero-order valence-electron chi connectivity index (χ0n) is 9.07. The average molecular weight is 212 g/mol. The molecule has 0 radical (unpaired) electrons. The molecule has 1 unspecified atom stereocenters. The van der Waals surface area contributed by atoms with E-state index in [2.05, 4.69) is 0 Å². The number of carbonyl (C=O) groups excluding carboxylic acids is 1. The molecule has 5 heteroatoms. The standard InChI is InChI=1S/C10H10FNO3/c1-7(13)6-10(11)8-2-4-9(5-3-8)12(14)15/h2-5,10H,6H2,1H3/i10D. The number of hydrogen-bond acceptors (Lipinski definition) is 3. The van der Waals surface area contributed by atoms with E-state index in [0.29, 0.717) is 0 Å². The van der Waals surface area contributed by atoms with E-state index in [9.17, 15) is 19.3 Å². The lowest BCUT2D eigenvalue weighted by molar-refractivity contribution is -0.384. The lowest BCUT2D eigenvalue weighted by atomic mass is 10.1. The second kappa shape index (κ2) is 4.63. The van der Waals surface area contributed by atoms with Crippen molar-refractivity contribution in [3.63, 3.8) is 0 Å². The van der Waals surface area contributed by atoms with Gasteiger partial charge in [0.2, 0.25) is 0 Å². The third kappa shape index (κ3) is 3.12. The number of halogens is 1. The minimum Gasteiger partial charge on any atom is -0.300 e. The highest BCUT2D eigenvalue weighted by molar-refractivity contribution is 5.76. The molecule has 1 aromatic rings. The molecule has 0 N–H and O–H groups in total. The van der Waals surface area contributed by atoms with E-state index < -0.39 is 23.3 Å². The highest BCUT2D eigenvalue weighted by atomic mass is 19.1. The van der Waals surface area contributed by atoms with Gasteiger partial charge >= 0.3 is 0 Å². The Kier molecular flexibility index (Phi) is 3.02. The molecular formula is C10H10FNO3. The van der Waals surface area contributed by atoms with Crippen LogP contribution in [-0.4, -0.2) is 10.7 Å². The maximum atomic E-state index is 13.7. The molecule has 1 rings (SSSR count). The molecule has 0 saturated carbocycles. The van der Waals surface area contributed by atoms with Gasteiger partial charge in [0.15, 0.2) is 0 Å². The van der Waals surface area contributed by atoms with E-state index in [1.54, 1.807) is 0 Å². The van der Waals surface area contributed by atoms with Crippen LogP contribution in [0.2, 0.25) is 0 Å². The molecule has 1 aromatic carbocycles. The van der Waals surface area contributed by atoms with Crippen LogP contribution in [0, 0.1) is 10.1 Å². The number of carbonyl (C=O) groups is 1. The van der Waals surface area contributed by atoms with Crippen molar-refractivity contribution in [1.82, 2.24) is 0 Å². The number of Topliss-reactive ketones (excluding diaryl/α,β-unsaturated/α-hetero) is 1. The summed E-state index contributed by atoms with van der Waals surface area (Å²) in [7, 11) is 0. The summed E-state index contributed by atoms with van der Waals surface area (Å²) in [4.78, 5) is 20.5. The van der Waals surface area contributed by atoms with Gasteiger partial charge in [-0.2, -0.15) is 0 Å². The molecule has 15 heavy (non-hydrogen) atoms. The largest absolute Gasteiger partial charge is 0.300 e. The van der Waals surface area contributed by atoms with Gasteiger partial charge in [0.1, 0.15) is 11.9 Å². The molecule has 0 saturated heterocycles. The Morgan fingerprint density at radius 1 is 1.60 bits per heavy atom. The quantitative estimate of drug-likeness (QED) is 0.569. The summed E-state index contributed by atoms with van der Waals surface area (Å²) >= 11 is 0. The number of nitrogens with zero attached hydrogens (tertiary/aromatic N) is 1. The highest BCUT2D eigenvalue weighted by Crippen LogP contribution is 2.23. The van der Waals surface area contributed by atoms with Crippen molar-refractivity contribution in [3.8, 4) is 0 Å². The van der Waals surface area contributed by atoms with E-state index >= 15 is 0 Å². The molecule has 0 fully saturated rings. The maximum absolute atomic E-state index is 13.7. The minimum absolute atomic E-state index is 0.0618. The van der Waals surface area contributed by atoms with E-state index in [0.717, 1.165) is 24.3 Å². The Morgan fingerprint density at radius 3 is 2.53 bits per heavy atom. The Hall–Kier alpha value is -1.78. The van der Waals surface area contributed by atoms with Gasteiger partial charge in [-0.25, -0.2) is 4.39 Å². The number of rotatable bonds is 4. The number of hydrogen-bond donors (Lipinski definition) is 0. The van der Waals surface area contributed by atoms with Crippen LogP contribution in [0.3, 0.4) is 0 Å². The molecule has 80 valence electrons. The first kappa shape index (κ1) is 9.76. The van der Waals surface area contributed by atoms with Gasteiger partial charge in [0, 0.05) is 18.6 Å². The van der Waals surface area contributed by atoms with E-state index in [-0.39, 0.29) is 11.3 Å². The Labute approximate surface area is 87.3 Å². The summed E-state index contributed by atoms with van der Waals surface area (Å²) in [5.74, 6) is -0.448. The third-order valence-electron chi connectivity index (χ3n) is 1.80. The van der Waals surface area contributed by atoms with E-state index in [4.69, 9.17) is 1.37 Å². The van der Waals surface area contributed by atoms with Crippen LogP contribution in [0.15, 0.2) is 24.3 Å². The molecular weight excluding hydrogens is 201 g/mol. The predicted octanol–water partition coefficient (Wildman–Crippen LogP) is 2.58. The van der Waals surface area contributed by atoms with Crippen LogP contribution < -0.4 is 0 Å². The van der Waals surface area contributed by atoms with Crippen molar-refractivity contribution in [2.24, 2.45) is 0 Å². The Bertz CT molecular complexity index is 417. The minimum atomic E-state index is -2.53. The fourth-order valence-corrected chi connectivity index (χ4v) is 1.08. The van der Waals surface area contributed by atoms with Crippen LogP contribution in [-0.2, 0) is 4.79 Å². The van der Waals surface area contributed by atoms with Crippen molar-refractivity contribution in [2.75, 3.05) is 0 Å². The Balaban J connectivity index is 2.96. The molecule has 0 aromatic heterocycles. The second-order valence-corrected chi connectivity index (χ2v) is 3.09. The number of nitro groups is 1. The van der Waals surface area contributed by atoms with Crippen LogP contribution in [0.1, 0.15) is 26.4 Å². The van der Waals surface area contributed by atoms with Gasteiger partial charge in [0.25, 0.3) is 5.69 Å². The molecule has 4 nitrogen and oxygen atoms in total. The van der Waals surface area contributed by atoms with Crippen molar-refractivity contribution in [3.05, 3.63) is 39.9 Å². The number of ketones is 1. The summed E-state index contributed by atoms with van der Waals surface area (Å²) in [6.45, 7) is 1.19. The molecule has 0 aliphatic carbocycles. The molecule has 0 spiro atoms. The van der Waals surface area contributed by atoms with Crippen molar-refractivity contribution in [2.45, 2.75) is 19.5 Å². The maximum Gasteiger partial charge on any atom is 0.269 e. The number of nitro benzene ring substituents is 1. The lowest BCUT2D eigenvalue weighted by Gasteiger charge is -2.05. The zero-order chi connectivity index (χ0) is 12.3. The van der Waals surface area contributed by atoms with Gasteiger partial charge in [-0.3, -0.25) is 14.9 Å². The second-order valence-electron chi connectivity index (χ2n) is 3.09. The van der Waals surface area contributed by atoms with Gasteiger partial charge in [-0.15, -0.1) is 0 Å². The van der Waals surface area contributed by atoms with Crippen molar-refractivity contribution < 1.29 is 15.5 Å². The molecule has 0 heterocycles. The predicted molar refractivity (Wildman–Crippen MR) is 52.2 cm³/mol. The van der Waals surface area contributed by atoms with Crippen molar-refractivity contribution in [1.29, 1.82) is 0 Å². The number of non-ortho nitro benzene ring substituents is 1. The zero-order valence-corrected chi connectivity index (χ0v) is 8.07. The van der Waals surface area contributed by atoms with Crippen molar-refractivity contribution >= 4 is 11.5 Å².